The summed E-state index contributed by atoms with van der Waals surface area (Å²) in [5.41, 5.74) is 7.25. The molecule has 0 bridgehead atoms. The van der Waals surface area contributed by atoms with Gasteiger partial charge in [0.05, 0.1) is 19.0 Å². The molecule has 2 N–H and O–H groups in total. The molecule has 0 aliphatic carbocycles. The van der Waals surface area contributed by atoms with Gasteiger partial charge in [-0.05, 0) is 18.7 Å². The topological polar surface area (TPSA) is 60.2 Å². The minimum atomic E-state index is -0.0198. The van der Waals surface area contributed by atoms with Gasteiger partial charge in [-0.15, -0.1) is 0 Å². The van der Waals surface area contributed by atoms with E-state index in [0.29, 0.717) is 0 Å². The molecule has 0 aliphatic rings. The largest absolute Gasteiger partial charge is 0.468 e. The van der Waals surface area contributed by atoms with Gasteiger partial charge in [-0.25, -0.2) is 0 Å². The van der Waals surface area contributed by atoms with Crippen LogP contribution in [0.4, 0.5) is 0 Å². The zero-order valence-corrected chi connectivity index (χ0v) is 10.9. The van der Waals surface area contributed by atoms with Gasteiger partial charge < -0.3 is 10.2 Å². The molecule has 0 amide bonds. The van der Waals surface area contributed by atoms with Crippen molar-refractivity contribution in [3.05, 3.63) is 42.1 Å². The van der Waals surface area contributed by atoms with E-state index in [2.05, 4.69) is 16.9 Å². The normalized spacial score (nSPS) is 13.1. The summed E-state index contributed by atoms with van der Waals surface area (Å²) in [6.07, 6.45) is 5.49. The molecular formula is C13H20N4O. The van der Waals surface area contributed by atoms with Gasteiger partial charge in [0.2, 0.25) is 0 Å². The Kier molecular flexibility index (Phi) is 4.17. The van der Waals surface area contributed by atoms with Crippen molar-refractivity contribution in [3.8, 4) is 0 Å². The van der Waals surface area contributed by atoms with Crippen LogP contribution in [0.3, 0.4) is 0 Å². The Hall–Kier alpha value is -1.59. The van der Waals surface area contributed by atoms with Gasteiger partial charge in [-0.2, -0.15) is 5.10 Å². The summed E-state index contributed by atoms with van der Waals surface area (Å²) >= 11 is 0. The van der Waals surface area contributed by atoms with E-state index in [1.807, 2.05) is 31.6 Å². The lowest BCUT2D eigenvalue weighted by molar-refractivity contribution is 0.241. The zero-order valence-electron chi connectivity index (χ0n) is 10.9. The first-order valence-corrected chi connectivity index (χ1v) is 6.18. The molecule has 5 nitrogen and oxygen atoms in total. The number of rotatable bonds is 6. The minimum absolute atomic E-state index is 0.0198. The van der Waals surface area contributed by atoms with Crippen LogP contribution < -0.4 is 5.73 Å². The fourth-order valence-electron chi connectivity index (χ4n) is 1.94. The predicted octanol–water partition coefficient (Wildman–Crippen LogP) is 1.53. The molecule has 0 saturated heterocycles. The maximum Gasteiger partial charge on any atom is 0.117 e. The molecule has 0 radical (unpaired) electrons. The van der Waals surface area contributed by atoms with Crippen LogP contribution in [0.25, 0.3) is 0 Å². The highest BCUT2D eigenvalue weighted by molar-refractivity contribution is 5.10. The van der Waals surface area contributed by atoms with E-state index in [1.165, 1.54) is 0 Å². The Morgan fingerprint density at radius 3 is 2.94 bits per heavy atom. The Labute approximate surface area is 107 Å². The van der Waals surface area contributed by atoms with Crippen LogP contribution in [-0.2, 0) is 13.6 Å². The third kappa shape index (κ3) is 3.21. The van der Waals surface area contributed by atoms with Crippen molar-refractivity contribution in [2.24, 2.45) is 12.8 Å². The van der Waals surface area contributed by atoms with Gasteiger partial charge in [-0.1, -0.05) is 6.92 Å². The number of aromatic nitrogens is 2. The van der Waals surface area contributed by atoms with E-state index in [9.17, 15) is 0 Å². The van der Waals surface area contributed by atoms with Gasteiger partial charge in [-0.3, -0.25) is 9.58 Å². The molecule has 0 aromatic carbocycles. The van der Waals surface area contributed by atoms with E-state index in [-0.39, 0.29) is 6.04 Å². The number of aryl methyl sites for hydroxylation is 1. The van der Waals surface area contributed by atoms with Crippen molar-refractivity contribution < 1.29 is 4.42 Å². The Balaban J connectivity index is 1.93. The fraction of sp³-hybridized carbons (Fsp3) is 0.462. The summed E-state index contributed by atoms with van der Waals surface area (Å²) in [5.74, 6) is 0.968. The fourth-order valence-corrected chi connectivity index (χ4v) is 1.94. The number of nitrogens with zero attached hydrogens (tertiary/aromatic N) is 3. The van der Waals surface area contributed by atoms with Crippen LogP contribution in [0.2, 0.25) is 0 Å². The molecular weight excluding hydrogens is 228 g/mol. The maximum atomic E-state index is 6.19. The highest BCUT2D eigenvalue weighted by Gasteiger charge is 2.13. The molecule has 0 spiro atoms. The van der Waals surface area contributed by atoms with E-state index in [0.717, 1.165) is 31.0 Å². The second-order valence-corrected chi connectivity index (χ2v) is 4.46. The Morgan fingerprint density at radius 2 is 2.39 bits per heavy atom. The molecule has 2 rings (SSSR count). The van der Waals surface area contributed by atoms with Gasteiger partial charge in [0.15, 0.2) is 0 Å². The van der Waals surface area contributed by atoms with Gasteiger partial charge in [0.25, 0.3) is 0 Å². The maximum absolute atomic E-state index is 6.19. The van der Waals surface area contributed by atoms with Crippen LogP contribution in [-0.4, -0.2) is 27.8 Å². The Morgan fingerprint density at radius 1 is 1.56 bits per heavy atom. The van der Waals surface area contributed by atoms with E-state index < -0.39 is 0 Å². The summed E-state index contributed by atoms with van der Waals surface area (Å²) in [6, 6.07) is 3.87. The molecule has 0 aliphatic heterocycles. The molecule has 0 saturated carbocycles. The molecule has 2 heterocycles. The highest BCUT2D eigenvalue weighted by atomic mass is 16.3. The van der Waals surface area contributed by atoms with Crippen molar-refractivity contribution >= 4 is 0 Å². The van der Waals surface area contributed by atoms with Crippen LogP contribution >= 0.6 is 0 Å². The van der Waals surface area contributed by atoms with E-state index in [4.69, 9.17) is 10.2 Å². The molecule has 18 heavy (non-hydrogen) atoms. The smallest absolute Gasteiger partial charge is 0.117 e. The van der Waals surface area contributed by atoms with Gasteiger partial charge in [0.1, 0.15) is 5.76 Å². The highest BCUT2D eigenvalue weighted by Crippen LogP contribution is 2.13. The number of likely N-dealkylation sites (N-methyl/N-ethyl adjacent to an activating group) is 1. The van der Waals surface area contributed by atoms with Crippen molar-refractivity contribution in [1.29, 1.82) is 0 Å². The SMILES string of the molecule is CCN(Cc1ccco1)CC(N)c1cnn(C)c1. The lowest BCUT2D eigenvalue weighted by Gasteiger charge is -2.22. The van der Waals surface area contributed by atoms with Crippen molar-refractivity contribution in [2.75, 3.05) is 13.1 Å². The summed E-state index contributed by atoms with van der Waals surface area (Å²) in [5, 5.41) is 4.15. The summed E-state index contributed by atoms with van der Waals surface area (Å²) in [6.45, 7) is 4.65. The van der Waals surface area contributed by atoms with Crippen LogP contribution in [0, 0.1) is 0 Å². The predicted molar refractivity (Wildman–Crippen MR) is 69.8 cm³/mol. The zero-order chi connectivity index (χ0) is 13.0. The molecule has 5 heteroatoms. The summed E-state index contributed by atoms with van der Waals surface area (Å²) in [4.78, 5) is 2.26. The average Bonchev–Trinajstić information content (AvgIpc) is 2.99. The van der Waals surface area contributed by atoms with Crippen LogP contribution in [0.5, 0.6) is 0 Å². The second-order valence-electron chi connectivity index (χ2n) is 4.46. The first-order chi connectivity index (χ1) is 8.69. The van der Waals surface area contributed by atoms with Gasteiger partial charge in [0, 0.05) is 31.4 Å². The third-order valence-electron chi connectivity index (χ3n) is 3.01. The summed E-state index contributed by atoms with van der Waals surface area (Å²) < 4.78 is 7.13. The van der Waals surface area contributed by atoms with Crippen LogP contribution in [0.1, 0.15) is 24.3 Å². The van der Waals surface area contributed by atoms with E-state index >= 15 is 0 Å². The number of hydrogen-bond donors (Lipinski definition) is 1. The lowest BCUT2D eigenvalue weighted by Crippen LogP contribution is -2.31. The number of hydrogen-bond acceptors (Lipinski definition) is 4. The Bertz CT molecular complexity index is 463. The lowest BCUT2D eigenvalue weighted by atomic mass is 10.1. The number of furan rings is 1. The molecule has 0 fully saturated rings. The van der Waals surface area contributed by atoms with Crippen molar-refractivity contribution in [1.82, 2.24) is 14.7 Å². The van der Waals surface area contributed by atoms with Crippen molar-refractivity contribution in [3.63, 3.8) is 0 Å². The van der Waals surface area contributed by atoms with Gasteiger partial charge >= 0.3 is 0 Å². The van der Waals surface area contributed by atoms with Crippen molar-refractivity contribution in [2.45, 2.75) is 19.5 Å². The first kappa shape index (κ1) is 12.9. The molecule has 1 atom stereocenters. The molecule has 2 aromatic heterocycles. The second kappa shape index (κ2) is 5.84. The monoisotopic (exact) mass is 248 g/mol. The number of nitrogens with two attached hydrogens (primary N) is 1. The summed E-state index contributed by atoms with van der Waals surface area (Å²) in [7, 11) is 1.90. The van der Waals surface area contributed by atoms with Crippen LogP contribution in [0.15, 0.2) is 35.2 Å². The molecule has 2 aromatic rings. The van der Waals surface area contributed by atoms with E-state index in [1.54, 1.807) is 10.9 Å². The molecule has 1 unspecified atom stereocenters. The first-order valence-electron chi connectivity index (χ1n) is 6.18. The quantitative estimate of drug-likeness (QED) is 0.842. The third-order valence-corrected chi connectivity index (χ3v) is 3.01. The minimum Gasteiger partial charge on any atom is -0.468 e. The average molecular weight is 248 g/mol. The standard InChI is InChI=1S/C13H20N4O/c1-3-17(9-12-5-4-6-18-12)10-13(14)11-7-15-16(2)8-11/h4-8,13H,3,9-10,14H2,1-2H3. The molecule has 98 valence electrons.